The number of phenols is 2. The lowest BCUT2D eigenvalue weighted by molar-refractivity contribution is -0.375. The fraction of sp³-hybridized carbons (Fsp3) is 0.182. The largest absolute Gasteiger partial charge is 0.504 e. The first kappa shape index (κ1) is 10.3. The number of aromatic amines is 1. The zero-order valence-corrected chi connectivity index (χ0v) is 8.28. The molecule has 0 amide bonds. The summed E-state index contributed by atoms with van der Waals surface area (Å²) in [6.07, 6.45) is 3.52. The molecule has 0 fully saturated rings. The summed E-state index contributed by atoms with van der Waals surface area (Å²) in [5, 5.41) is 20.1. The lowest BCUT2D eigenvalue weighted by Gasteiger charge is -1.97. The summed E-state index contributed by atoms with van der Waals surface area (Å²) >= 11 is 0. The van der Waals surface area contributed by atoms with Crippen LogP contribution in [-0.4, -0.2) is 10.2 Å². The van der Waals surface area contributed by atoms with E-state index >= 15 is 0 Å². The van der Waals surface area contributed by atoms with Crippen molar-refractivity contribution in [2.45, 2.75) is 13.8 Å². The van der Waals surface area contributed by atoms with Gasteiger partial charge in [0.15, 0.2) is 23.9 Å². The van der Waals surface area contributed by atoms with E-state index in [-0.39, 0.29) is 11.5 Å². The molecular formula is C11H14NO2+. The van der Waals surface area contributed by atoms with Crippen LogP contribution >= 0.6 is 0 Å². The highest BCUT2D eigenvalue weighted by atomic mass is 16.3. The SMILES string of the molecule is CC.Oc1cc2cc[nH+]cc2cc1O. The Morgan fingerprint density at radius 3 is 2.21 bits per heavy atom. The summed E-state index contributed by atoms with van der Waals surface area (Å²) in [7, 11) is 0. The Balaban J connectivity index is 0.000000461. The molecule has 3 heteroatoms. The third-order valence-corrected chi connectivity index (χ3v) is 1.78. The number of H-pyrrole nitrogens is 1. The number of phenolic OH excluding ortho intramolecular Hbond substituents is 2. The first-order valence-electron chi connectivity index (χ1n) is 4.59. The second kappa shape index (κ2) is 4.46. The molecular weight excluding hydrogens is 178 g/mol. The van der Waals surface area contributed by atoms with Crippen LogP contribution in [0.1, 0.15) is 13.8 Å². The molecule has 1 aromatic carbocycles. The minimum absolute atomic E-state index is 0.0892. The summed E-state index contributed by atoms with van der Waals surface area (Å²) in [6.45, 7) is 4.00. The van der Waals surface area contributed by atoms with Gasteiger partial charge in [0.2, 0.25) is 0 Å². The van der Waals surface area contributed by atoms with E-state index < -0.39 is 0 Å². The summed E-state index contributed by atoms with van der Waals surface area (Å²) < 4.78 is 0. The summed E-state index contributed by atoms with van der Waals surface area (Å²) in [4.78, 5) is 2.89. The van der Waals surface area contributed by atoms with Crippen molar-refractivity contribution in [3.8, 4) is 11.5 Å². The lowest BCUT2D eigenvalue weighted by Crippen LogP contribution is -1.96. The Kier molecular flexibility index (Phi) is 3.29. The average Bonchev–Trinajstić information content (AvgIpc) is 2.23. The molecule has 2 rings (SSSR count). The highest BCUT2D eigenvalue weighted by Crippen LogP contribution is 2.28. The van der Waals surface area contributed by atoms with Crippen molar-refractivity contribution < 1.29 is 15.2 Å². The molecule has 14 heavy (non-hydrogen) atoms. The van der Waals surface area contributed by atoms with Crippen molar-refractivity contribution in [2.24, 2.45) is 0 Å². The third-order valence-electron chi connectivity index (χ3n) is 1.78. The van der Waals surface area contributed by atoms with Gasteiger partial charge >= 0.3 is 0 Å². The quantitative estimate of drug-likeness (QED) is 0.628. The fourth-order valence-electron chi connectivity index (χ4n) is 1.15. The number of aromatic hydroxyl groups is 2. The van der Waals surface area contributed by atoms with Gasteiger partial charge in [0.25, 0.3) is 0 Å². The van der Waals surface area contributed by atoms with E-state index in [1.54, 1.807) is 12.4 Å². The van der Waals surface area contributed by atoms with Crippen LogP contribution in [0.2, 0.25) is 0 Å². The number of fused-ring (bicyclic) bond motifs is 1. The standard InChI is InChI=1S/C9H7NO2.C2H6/c11-8-3-6-1-2-10-5-7(6)4-9(8)12;1-2/h1-5,11-12H;1-2H3/p+1. The van der Waals surface area contributed by atoms with Gasteiger partial charge < -0.3 is 10.2 Å². The van der Waals surface area contributed by atoms with E-state index in [0.717, 1.165) is 10.8 Å². The van der Waals surface area contributed by atoms with E-state index in [9.17, 15) is 0 Å². The lowest BCUT2D eigenvalue weighted by atomic mass is 10.1. The maximum absolute atomic E-state index is 9.16. The van der Waals surface area contributed by atoms with E-state index in [0.29, 0.717) is 0 Å². The second-order valence-corrected chi connectivity index (χ2v) is 2.61. The summed E-state index contributed by atoms with van der Waals surface area (Å²) in [5.74, 6) is -0.184. The molecule has 2 aromatic rings. The summed E-state index contributed by atoms with van der Waals surface area (Å²) in [5.41, 5.74) is 0. The molecule has 0 aliphatic heterocycles. The van der Waals surface area contributed by atoms with Crippen LogP contribution in [0.3, 0.4) is 0 Å². The van der Waals surface area contributed by atoms with E-state index in [1.807, 2.05) is 19.9 Å². The van der Waals surface area contributed by atoms with Gasteiger partial charge in [-0.25, -0.2) is 4.98 Å². The minimum Gasteiger partial charge on any atom is -0.504 e. The van der Waals surface area contributed by atoms with Gasteiger partial charge in [-0.15, -0.1) is 0 Å². The molecule has 3 nitrogen and oxygen atoms in total. The van der Waals surface area contributed by atoms with E-state index in [2.05, 4.69) is 4.98 Å². The van der Waals surface area contributed by atoms with E-state index in [4.69, 9.17) is 10.2 Å². The van der Waals surface area contributed by atoms with Gasteiger partial charge in [-0.05, 0) is 17.5 Å². The Bertz CT molecular complexity index is 386. The Hall–Kier alpha value is -1.77. The van der Waals surface area contributed by atoms with Crippen LogP contribution in [0.25, 0.3) is 10.8 Å². The number of aromatic nitrogens is 1. The molecule has 0 saturated heterocycles. The highest BCUT2D eigenvalue weighted by Gasteiger charge is 2.02. The maximum atomic E-state index is 9.16. The minimum atomic E-state index is -0.0953. The summed E-state index contributed by atoms with van der Waals surface area (Å²) in [6, 6.07) is 4.87. The number of pyridine rings is 1. The average molecular weight is 192 g/mol. The Labute approximate surface area is 82.7 Å². The molecule has 1 heterocycles. The maximum Gasteiger partial charge on any atom is 0.175 e. The first-order chi connectivity index (χ1) is 6.77. The van der Waals surface area contributed by atoms with Crippen LogP contribution < -0.4 is 4.98 Å². The molecule has 0 aliphatic rings. The van der Waals surface area contributed by atoms with Crippen molar-refractivity contribution >= 4 is 10.8 Å². The molecule has 0 radical (unpaired) electrons. The Morgan fingerprint density at radius 2 is 1.57 bits per heavy atom. The smallest absolute Gasteiger partial charge is 0.175 e. The second-order valence-electron chi connectivity index (χ2n) is 2.61. The number of hydrogen-bond donors (Lipinski definition) is 2. The van der Waals surface area contributed by atoms with Crippen molar-refractivity contribution in [3.63, 3.8) is 0 Å². The molecule has 74 valence electrons. The zero-order chi connectivity index (χ0) is 10.6. The van der Waals surface area contributed by atoms with Crippen LogP contribution in [0.15, 0.2) is 30.6 Å². The van der Waals surface area contributed by atoms with Gasteiger partial charge in [0.1, 0.15) is 0 Å². The van der Waals surface area contributed by atoms with Gasteiger partial charge in [0.05, 0.1) is 0 Å². The number of rotatable bonds is 0. The predicted molar refractivity (Wildman–Crippen MR) is 55.2 cm³/mol. The molecule has 0 unspecified atom stereocenters. The van der Waals surface area contributed by atoms with Crippen LogP contribution in [-0.2, 0) is 0 Å². The van der Waals surface area contributed by atoms with Crippen LogP contribution in [0, 0.1) is 0 Å². The normalized spacial score (nSPS) is 9.29. The van der Waals surface area contributed by atoms with E-state index in [1.165, 1.54) is 12.1 Å². The monoisotopic (exact) mass is 192 g/mol. The molecule has 1 aromatic heterocycles. The van der Waals surface area contributed by atoms with Crippen molar-refractivity contribution in [1.82, 2.24) is 0 Å². The number of nitrogens with one attached hydrogen (secondary N) is 1. The van der Waals surface area contributed by atoms with Gasteiger partial charge in [-0.2, -0.15) is 0 Å². The zero-order valence-electron chi connectivity index (χ0n) is 8.28. The van der Waals surface area contributed by atoms with Crippen molar-refractivity contribution in [2.75, 3.05) is 0 Å². The molecule has 0 saturated carbocycles. The Morgan fingerprint density at radius 1 is 1.00 bits per heavy atom. The third kappa shape index (κ3) is 1.93. The number of hydrogen-bond acceptors (Lipinski definition) is 2. The predicted octanol–water partition coefficient (Wildman–Crippen LogP) is 2.09. The van der Waals surface area contributed by atoms with Crippen molar-refractivity contribution in [3.05, 3.63) is 30.6 Å². The van der Waals surface area contributed by atoms with Gasteiger partial charge in [0, 0.05) is 11.5 Å². The highest BCUT2D eigenvalue weighted by molar-refractivity contribution is 5.84. The molecule has 0 aliphatic carbocycles. The van der Waals surface area contributed by atoms with Gasteiger partial charge in [-0.1, -0.05) is 13.8 Å². The molecule has 0 atom stereocenters. The molecule has 0 bridgehead atoms. The van der Waals surface area contributed by atoms with Gasteiger partial charge in [-0.3, -0.25) is 0 Å². The molecule has 3 N–H and O–H groups in total. The van der Waals surface area contributed by atoms with Crippen molar-refractivity contribution in [1.29, 1.82) is 0 Å². The first-order valence-corrected chi connectivity index (χ1v) is 4.59. The van der Waals surface area contributed by atoms with Crippen LogP contribution in [0.5, 0.6) is 11.5 Å². The molecule has 0 spiro atoms. The van der Waals surface area contributed by atoms with Crippen LogP contribution in [0.4, 0.5) is 0 Å². The fourth-order valence-corrected chi connectivity index (χ4v) is 1.15. The topological polar surface area (TPSA) is 54.6 Å². The number of benzene rings is 1.